The zero-order chi connectivity index (χ0) is 14.8. The number of hydrogen-bond donors (Lipinski definition) is 1. The Labute approximate surface area is 126 Å². The molecule has 21 heavy (non-hydrogen) atoms. The predicted octanol–water partition coefficient (Wildman–Crippen LogP) is 1.11. The van der Waals surface area contributed by atoms with E-state index in [0.717, 1.165) is 44.0 Å². The maximum absolute atomic E-state index is 11.8. The Morgan fingerprint density at radius 2 is 2.05 bits per heavy atom. The van der Waals surface area contributed by atoms with E-state index in [9.17, 15) is 4.79 Å². The standard InChI is InChI=1S/C16H24N4O/c1-12-9-14(12)16(21)18-11-13-3-4-15(17-10-13)20-7-5-19(2)6-8-20/h3-4,10,12,14H,5-9,11H2,1-2H3,(H,18,21). The number of hydrogen-bond acceptors (Lipinski definition) is 4. The normalized spacial score (nSPS) is 25.7. The second-order valence-electron chi connectivity index (χ2n) is 6.35. The lowest BCUT2D eigenvalue weighted by Crippen LogP contribution is -2.44. The minimum absolute atomic E-state index is 0.186. The van der Waals surface area contributed by atoms with Crippen LogP contribution in [-0.4, -0.2) is 49.0 Å². The number of nitrogens with zero attached hydrogens (tertiary/aromatic N) is 3. The van der Waals surface area contributed by atoms with E-state index in [4.69, 9.17) is 0 Å². The van der Waals surface area contributed by atoms with Gasteiger partial charge in [-0.3, -0.25) is 4.79 Å². The SMILES string of the molecule is CC1CC1C(=O)NCc1ccc(N2CCN(C)CC2)nc1. The summed E-state index contributed by atoms with van der Waals surface area (Å²) in [7, 11) is 2.15. The quantitative estimate of drug-likeness (QED) is 0.901. The molecule has 2 atom stereocenters. The van der Waals surface area contributed by atoms with Gasteiger partial charge in [0.25, 0.3) is 0 Å². The van der Waals surface area contributed by atoms with Gasteiger partial charge >= 0.3 is 0 Å². The fraction of sp³-hybridized carbons (Fsp3) is 0.625. The number of aromatic nitrogens is 1. The molecule has 114 valence electrons. The average molecular weight is 288 g/mol. The molecule has 2 heterocycles. The lowest BCUT2D eigenvalue weighted by Gasteiger charge is -2.33. The molecule has 1 saturated heterocycles. The van der Waals surface area contributed by atoms with E-state index >= 15 is 0 Å². The summed E-state index contributed by atoms with van der Waals surface area (Å²) in [6, 6.07) is 4.13. The number of nitrogens with one attached hydrogen (secondary N) is 1. The monoisotopic (exact) mass is 288 g/mol. The maximum atomic E-state index is 11.8. The fourth-order valence-electron chi connectivity index (χ4n) is 2.75. The molecule has 0 radical (unpaired) electrons. The van der Waals surface area contributed by atoms with Crippen LogP contribution in [0.5, 0.6) is 0 Å². The van der Waals surface area contributed by atoms with Gasteiger partial charge in [-0.1, -0.05) is 13.0 Å². The van der Waals surface area contributed by atoms with Crippen LogP contribution < -0.4 is 10.2 Å². The number of carbonyl (C=O) groups is 1. The third-order valence-corrected chi connectivity index (χ3v) is 4.55. The van der Waals surface area contributed by atoms with Crippen LogP contribution in [0.25, 0.3) is 0 Å². The summed E-state index contributed by atoms with van der Waals surface area (Å²) in [4.78, 5) is 21.0. The number of piperazine rings is 1. The Morgan fingerprint density at radius 1 is 1.33 bits per heavy atom. The van der Waals surface area contributed by atoms with Crippen molar-refractivity contribution >= 4 is 11.7 Å². The van der Waals surface area contributed by atoms with Gasteiger partial charge in [-0.2, -0.15) is 0 Å². The highest BCUT2D eigenvalue weighted by atomic mass is 16.2. The molecular formula is C16H24N4O. The van der Waals surface area contributed by atoms with E-state index in [2.05, 4.69) is 46.2 Å². The van der Waals surface area contributed by atoms with Gasteiger partial charge < -0.3 is 15.1 Å². The van der Waals surface area contributed by atoms with E-state index in [-0.39, 0.29) is 11.8 Å². The molecule has 1 saturated carbocycles. The Kier molecular flexibility index (Phi) is 4.10. The van der Waals surface area contributed by atoms with Crippen LogP contribution in [0.4, 0.5) is 5.82 Å². The molecule has 3 rings (SSSR count). The van der Waals surface area contributed by atoms with E-state index < -0.39 is 0 Å². The molecule has 5 heteroatoms. The minimum Gasteiger partial charge on any atom is -0.354 e. The molecule has 5 nitrogen and oxygen atoms in total. The van der Waals surface area contributed by atoms with Crippen LogP contribution in [0.3, 0.4) is 0 Å². The summed E-state index contributed by atoms with van der Waals surface area (Å²) < 4.78 is 0. The Balaban J connectivity index is 1.50. The smallest absolute Gasteiger partial charge is 0.223 e. The van der Waals surface area contributed by atoms with Gasteiger partial charge in [-0.15, -0.1) is 0 Å². The second kappa shape index (κ2) is 6.02. The van der Waals surface area contributed by atoms with Gasteiger partial charge in [0.2, 0.25) is 5.91 Å². The maximum Gasteiger partial charge on any atom is 0.223 e. The number of pyridine rings is 1. The molecule has 2 unspecified atom stereocenters. The van der Waals surface area contributed by atoms with Crippen LogP contribution in [0.1, 0.15) is 18.9 Å². The molecule has 1 aromatic heterocycles. The first-order valence-electron chi connectivity index (χ1n) is 7.79. The van der Waals surface area contributed by atoms with Crippen LogP contribution in [0.2, 0.25) is 0 Å². The second-order valence-corrected chi connectivity index (χ2v) is 6.35. The molecule has 1 aliphatic heterocycles. The third-order valence-electron chi connectivity index (χ3n) is 4.55. The Bertz CT molecular complexity index is 494. The molecule has 1 aliphatic carbocycles. The van der Waals surface area contributed by atoms with Crippen LogP contribution in [0, 0.1) is 11.8 Å². The molecule has 1 amide bonds. The number of anilines is 1. The van der Waals surface area contributed by atoms with Crippen LogP contribution >= 0.6 is 0 Å². The Morgan fingerprint density at radius 3 is 2.62 bits per heavy atom. The number of amides is 1. The van der Waals surface area contributed by atoms with Gasteiger partial charge in [-0.25, -0.2) is 4.98 Å². The van der Waals surface area contributed by atoms with E-state index in [1.54, 1.807) is 0 Å². The van der Waals surface area contributed by atoms with E-state index in [1.165, 1.54) is 0 Å². The molecule has 0 aromatic carbocycles. The highest BCUT2D eigenvalue weighted by Gasteiger charge is 2.38. The van der Waals surface area contributed by atoms with Crippen LogP contribution in [-0.2, 0) is 11.3 Å². The van der Waals surface area contributed by atoms with Crippen molar-refractivity contribution in [2.75, 3.05) is 38.1 Å². The number of carbonyl (C=O) groups excluding carboxylic acids is 1. The van der Waals surface area contributed by atoms with Crippen molar-refractivity contribution in [1.82, 2.24) is 15.2 Å². The highest BCUT2D eigenvalue weighted by Crippen LogP contribution is 2.37. The molecule has 2 aliphatic rings. The van der Waals surface area contributed by atoms with Crippen molar-refractivity contribution in [3.63, 3.8) is 0 Å². The Hall–Kier alpha value is -1.62. The van der Waals surface area contributed by atoms with Gasteiger partial charge in [-0.05, 0) is 31.0 Å². The predicted molar refractivity (Wildman–Crippen MR) is 83.1 cm³/mol. The lowest BCUT2D eigenvalue weighted by molar-refractivity contribution is -0.122. The van der Waals surface area contributed by atoms with Crippen molar-refractivity contribution in [2.45, 2.75) is 19.9 Å². The minimum atomic E-state index is 0.186. The van der Waals surface area contributed by atoms with Crippen molar-refractivity contribution in [3.8, 4) is 0 Å². The number of rotatable bonds is 4. The topological polar surface area (TPSA) is 48.5 Å². The molecule has 1 N–H and O–H groups in total. The summed E-state index contributed by atoms with van der Waals surface area (Å²) in [5, 5.41) is 3.00. The third kappa shape index (κ3) is 3.53. The van der Waals surface area contributed by atoms with Crippen molar-refractivity contribution in [1.29, 1.82) is 0 Å². The van der Waals surface area contributed by atoms with Gasteiger partial charge in [0.05, 0.1) is 0 Å². The zero-order valence-corrected chi connectivity index (χ0v) is 12.9. The highest BCUT2D eigenvalue weighted by molar-refractivity contribution is 5.81. The van der Waals surface area contributed by atoms with Crippen molar-refractivity contribution in [2.24, 2.45) is 11.8 Å². The van der Waals surface area contributed by atoms with Gasteiger partial charge in [0.15, 0.2) is 0 Å². The average Bonchev–Trinajstić information content (AvgIpc) is 3.23. The first kappa shape index (κ1) is 14.3. The van der Waals surface area contributed by atoms with Gasteiger partial charge in [0, 0.05) is 44.8 Å². The van der Waals surface area contributed by atoms with Crippen molar-refractivity contribution < 1.29 is 4.79 Å². The number of likely N-dealkylation sites (N-methyl/N-ethyl adjacent to an activating group) is 1. The first-order chi connectivity index (χ1) is 10.1. The summed E-state index contributed by atoms with van der Waals surface area (Å²) in [6.07, 6.45) is 2.91. The summed E-state index contributed by atoms with van der Waals surface area (Å²) in [6.45, 7) is 6.92. The summed E-state index contributed by atoms with van der Waals surface area (Å²) >= 11 is 0. The fourth-order valence-corrected chi connectivity index (χ4v) is 2.75. The molecule has 0 spiro atoms. The molecular weight excluding hydrogens is 264 g/mol. The largest absolute Gasteiger partial charge is 0.354 e. The summed E-state index contributed by atoms with van der Waals surface area (Å²) in [5.74, 6) is 2.02. The molecule has 2 fully saturated rings. The lowest BCUT2D eigenvalue weighted by atomic mass is 10.2. The van der Waals surface area contributed by atoms with Gasteiger partial charge in [0.1, 0.15) is 5.82 Å². The first-order valence-corrected chi connectivity index (χ1v) is 7.79. The van der Waals surface area contributed by atoms with E-state index in [1.807, 2.05) is 6.20 Å². The zero-order valence-electron chi connectivity index (χ0n) is 12.9. The van der Waals surface area contributed by atoms with Crippen LogP contribution in [0.15, 0.2) is 18.3 Å². The molecule has 0 bridgehead atoms. The molecule has 1 aromatic rings. The van der Waals surface area contributed by atoms with E-state index in [0.29, 0.717) is 12.5 Å². The summed E-state index contributed by atoms with van der Waals surface area (Å²) in [5.41, 5.74) is 1.06. The van der Waals surface area contributed by atoms with Crippen molar-refractivity contribution in [3.05, 3.63) is 23.9 Å².